The van der Waals surface area contributed by atoms with Gasteiger partial charge in [-0.25, -0.2) is 9.59 Å². The minimum absolute atomic E-state index is 0.224. The number of amides is 2. The van der Waals surface area contributed by atoms with Crippen LogP contribution in [0.1, 0.15) is 36.8 Å². The van der Waals surface area contributed by atoms with Crippen molar-refractivity contribution >= 4 is 17.7 Å². The first-order chi connectivity index (χ1) is 9.70. The van der Waals surface area contributed by atoms with Gasteiger partial charge < -0.3 is 15.0 Å². The second-order valence-electron chi connectivity index (χ2n) is 6.22. The molecule has 2 heterocycles. The van der Waals surface area contributed by atoms with E-state index in [0.717, 1.165) is 0 Å². The third-order valence-corrected chi connectivity index (χ3v) is 3.26. The molecule has 0 aliphatic carbocycles. The van der Waals surface area contributed by atoms with Gasteiger partial charge in [-0.2, -0.15) is 0 Å². The van der Waals surface area contributed by atoms with Crippen molar-refractivity contribution in [2.45, 2.75) is 32.7 Å². The van der Waals surface area contributed by atoms with Crippen molar-refractivity contribution in [2.75, 3.05) is 11.4 Å². The molecule has 0 radical (unpaired) electrons. The van der Waals surface area contributed by atoms with Gasteiger partial charge in [-0.1, -0.05) is 12.2 Å². The quantitative estimate of drug-likeness (QED) is 0.779. The number of hydrogen-bond acceptors (Lipinski definition) is 2. The van der Waals surface area contributed by atoms with Gasteiger partial charge in [-0.15, -0.1) is 0 Å². The molecule has 0 unspecified atom stereocenters. The topological polar surface area (TPSA) is 74.6 Å². The van der Waals surface area contributed by atoms with Gasteiger partial charge in [0.1, 0.15) is 5.69 Å². The summed E-state index contributed by atoms with van der Waals surface area (Å²) in [5.41, 5.74) is 1.20. The zero-order valence-electron chi connectivity index (χ0n) is 12.8. The Hall–Kier alpha value is -2.24. The highest BCUT2D eigenvalue weighted by molar-refractivity contribution is 5.97. The van der Waals surface area contributed by atoms with E-state index >= 15 is 0 Å². The summed E-state index contributed by atoms with van der Waals surface area (Å²) in [7, 11) is 1.68. The summed E-state index contributed by atoms with van der Waals surface area (Å²) in [4.78, 5) is 25.4. The molecule has 21 heavy (non-hydrogen) atoms. The Kier molecular flexibility index (Phi) is 3.80. The van der Waals surface area contributed by atoms with E-state index in [1.165, 1.54) is 0 Å². The van der Waals surface area contributed by atoms with Crippen LogP contribution < -0.4 is 10.2 Å². The van der Waals surface area contributed by atoms with Crippen LogP contribution in [0.3, 0.4) is 0 Å². The number of nitrogens with zero attached hydrogens (tertiary/aromatic N) is 2. The number of carbonyl (C=O) groups is 2. The van der Waals surface area contributed by atoms with Crippen molar-refractivity contribution in [2.24, 2.45) is 7.05 Å². The number of carboxylic acids is 1. The van der Waals surface area contributed by atoms with E-state index in [9.17, 15) is 14.7 Å². The van der Waals surface area contributed by atoms with E-state index in [1.807, 2.05) is 32.9 Å². The molecule has 2 N–H and O–H groups in total. The summed E-state index contributed by atoms with van der Waals surface area (Å²) >= 11 is 0. The lowest BCUT2D eigenvalue weighted by Gasteiger charge is -2.27. The largest absolute Gasteiger partial charge is 0.477 e. The third kappa shape index (κ3) is 3.09. The lowest BCUT2D eigenvalue weighted by Crippen LogP contribution is -2.48. The minimum atomic E-state index is -0.981. The van der Waals surface area contributed by atoms with E-state index in [-0.39, 0.29) is 17.3 Å². The molecule has 1 aromatic heterocycles. The van der Waals surface area contributed by atoms with E-state index < -0.39 is 5.97 Å². The van der Waals surface area contributed by atoms with Gasteiger partial charge in [-0.05, 0) is 27.2 Å². The average Bonchev–Trinajstić information content (AvgIpc) is 2.51. The molecule has 6 nitrogen and oxygen atoms in total. The van der Waals surface area contributed by atoms with Crippen molar-refractivity contribution in [3.8, 4) is 0 Å². The number of rotatable bonds is 1. The Labute approximate surface area is 124 Å². The van der Waals surface area contributed by atoms with Crippen molar-refractivity contribution in [3.63, 3.8) is 0 Å². The van der Waals surface area contributed by atoms with Crippen LogP contribution in [0.15, 0.2) is 18.3 Å². The predicted molar refractivity (Wildman–Crippen MR) is 80.8 cm³/mol. The van der Waals surface area contributed by atoms with Gasteiger partial charge in [0.25, 0.3) is 0 Å². The number of aryl methyl sites for hydroxylation is 1. The number of hydrogen-bond donors (Lipinski definition) is 2. The molecule has 0 atom stereocenters. The molecule has 2 rings (SSSR count). The van der Waals surface area contributed by atoms with Gasteiger partial charge in [0, 0.05) is 30.9 Å². The van der Waals surface area contributed by atoms with E-state index in [4.69, 9.17) is 0 Å². The van der Waals surface area contributed by atoms with Crippen LogP contribution in [0, 0.1) is 0 Å². The van der Waals surface area contributed by atoms with Crippen LogP contribution in [0.4, 0.5) is 10.5 Å². The summed E-state index contributed by atoms with van der Waals surface area (Å²) in [6.07, 6.45) is 5.99. The molecule has 0 spiro atoms. The number of urea groups is 1. The number of nitrogens with one attached hydrogen (secondary N) is 1. The van der Waals surface area contributed by atoms with Crippen molar-refractivity contribution < 1.29 is 14.7 Å². The molecule has 1 aliphatic rings. The fraction of sp³-hybridized carbons (Fsp3) is 0.467. The number of fused-ring (bicyclic) bond motifs is 1. The van der Waals surface area contributed by atoms with Gasteiger partial charge in [0.15, 0.2) is 0 Å². The molecule has 0 bridgehead atoms. The maximum Gasteiger partial charge on any atom is 0.352 e. The molecule has 2 amide bonds. The summed E-state index contributed by atoms with van der Waals surface area (Å²) < 4.78 is 1.56. The van der Waals surface area contributed by atoms with Crippen molar-refractivity contribution in [1.29, 1.82) is 0 Å². The lowest BCUT2D eigenvalue weighted by molar-refractivity contribution is 0.0685. The van der Waals surface area contributed by atoms with Gasteiger partial charge in [0.05, 0.1) is 5.69 Å². The van der Waals surface area contributed by atoms with Crippen LogP contribution in [-0.4, -0.2) is 33.8 Å². The number of carboxylic acid groups (broad SMARTS) is 1. The molecule has 114 valence electrons. The highest BCUT2D eigenvalue weighted by Gasteiger charge is 2.28. The van der Waals surface area contributed by atoms with Crippen molar-refractivity contribution in [3.05, 3.63) is 29.6 Å². The zero-order valence-corrected chi connectivity index (χ0v) is 12.8. The van der Waals surface area contributed by atoms with Crippen LogP contribution >= 0.6 is 0 Å². The van der Waals surface area contributed by atoms with E-state index in [1.54, 1.807) is 22.7 Å². The van der Waals surface area contributed by atoms with Gasteiger partial charge in [0.2, 0.25) is 0 Å². The fourth-order valence-electron chi connectivity index (χ4n) is 2.43. The predicted octanol–water partition coefficient (Wildman–Crippen LogP) is 2.15. The maximum absolute atomic E-state index is 12.4. The molecule has 0 saturated heterocycles. The summed E-state index contributed by atoms with van der Waals surface area (Å²) in [5, 5.41) is 12.3. The molecular formula is C15H21N3O3. The van der Waals surface area contributed by atoms with Gasteiger partial charge in [-0.3, -0.25) is 4.90 Å². The van der Waals surface area contributed by atoms with Gasteiger partial charge >= 0.3 is 12.0 Å². The molecule has 0 aromatic carbocycles. The number of anilines is 1. The Morgan fingerprint density at radius 3 is 2.52 bits per heavy atom. The third-order valence-electron chi connectivity index (χ3n) is 3.26. The summed E-state index contributed by atoms with van der Waals surface area (Å²) in [5.74, 6) is -0.981. The second-order valence-corrected chi connectivity index (χ2v) is 6.22. The molecule has 0 fully saturated rings. The molecule has 1 aliphatic heterocycles. The lowest BCUT2D eigenvalue weighted by atomic mass is 10.1. The van der Waals surface area contributed by atoms with Crippen LogP contribution in [0.5, 0.6) is 0 Å². The number of allylic oxidation sites excluding steroid dienone is 1. The second kappa shape index (κ2) is 5.27. The van der Waals surface area contributed by atoms with E-state index in [0.29, 0.717) is 24.2 Å². The first kappa shape index (κ1) is 15.2. The first-order valence-corrected chi connectivity index (χ1v) is 6.87. The average molecular weight is 291 g/mol. The monoisotopic (exact) mass is 291 g/mol. The summed E-state index contributed by atoms with van der Waals surface area (Å²) in [6, 6.07) is -0.224. The SMILES string of the molecule is Cn1cc2c(c1C(=O)O)CC=CCN2C(=O)NC(C)(C)C. The minimum Gasteiger partial charge on any atom is -0.477 e. The first-order valence-electron chi connectivity index (χ1n) is 6.87. The standard InChI is InChI=1S/C15H21N3O3/c1-15(2,3)16-14(21)18-8-6-5-7-10-11(18)9-17(4)12(10)13(19)20/h5-6,9H,7-8H2,1-4H3,(H,16,21)(H,19,20). The summed E-state index contributed by atoms with van der Waals surface area (Å²) in [6.45, 7) is 6.16. The van der Waals surface area contributed by atoms with E-state index in [2.05, 4.69) is 5.32 Å². The van der Waals surface area contributed by atoms with Crippen LogP contribution in [-0.2, 0) is 13.5 Å². The molecule has 0 saturated carbocycles. The highest BCUT2D eigenvalue weighted by atomic mass is 16.4. The normalized spacial score (nSPS) is 14.6. The van der Waals surface area contributed by atoms with Crippen molar-refractivity contribution in [1.82, 2.24) is 9.88 Å². The maximum atomic E-state index is 12.4. The Morgan fingerprint density at radius 2 is 1.95 bits per heavy atom. The van der Waals surface area contributed by atoms with Crippen LogP contribution in [0.2, 0.25) is 0 Å². The Morgan fingerprint density at radius 1 is 1.29 bits per heavy atom. The Bertz CT molecular complexity index is 608. The zero-order chi connectivity index (χ0) is 15.8. The number of aromatic carboxylic acids is 1. The molecular weight excluding hydrogens is 270 g/mol. The fourth-order valence-corrected chi connectivity index (χ4v) is 2.43. The van der Waals surface area contributed by atoms with Crippen LogP contribution in [0.25, 0.3) is 0 Å². The number of aromatic nitrogens is 1. The highest BCUT2D eigenvalue weighted by Crippen LogP contribution is 2.29. The molecule has 6 heteroatoms. The smallest absolute Gasteiger partial charge is 0.352 e. The molecule has 1 aromatic rings. The Balaban J connectivity index is 2.44. The number of carbonyl (C=O) groups excluding carboxylic acids is 1.